The third-order valence-electron chi connectivity index (χ3n) is 5.13. The summed E-state index contributed by atoms with van der Waals surface area (Å²) in [5.74, 6) is 0. The Kier molecular flexibility index (Phi) is 18.9. The Morgan fingerprint density at radius 1 is 0.522 bits per heavy atom. The van der Waals surface area contributed by atoms with Gasteiger partial charge < -0.3 is 16.9 Å². The minimum atomic E-state index is 0. The van der Waals surface area contributed by atoms with Gasteiger partial charge in [-0.1, -0.05) is 84.5 Å². The molecule has 1 unspecified atom stereocenters. The molecule has 0 aromatic rings. The second kappa shape index (κ2) is 17.1. The van der Waals surface area contributed by atoms with Crippen molar-refractivity contribution < 1.29 is 16.9 Å². The molecule has 142 valence electrons. The third-order valence-corrected chi connectivity index (χ3v) is 5.13. The lowest BCUT2D eigenvalue weighted by atomic mass is 9.98. The van der Waals surface area contributed by atoms with Crippen LogP contribution in [0.3, 0.4) is 0 Å². The van der Waals surface area contributed by atoms with Gasteiger partial charge in [0.2, 0.25) is 0 Å². The smallest absolute Gasteiger partial charge is 0.0884 e. The van der Waals surface area contributed by atoms with E-state index in [4.69, 9.17) is 0 Å². The van der Waals surface area contributed by atoms with E-state index in [2.05, 4.69) is 35.0 Å². The Bertz CT molecular complexity index is 222. The molecule has 0 aromatic heterocycles. The van der Waals surface area contributed by atoms with Crippen molar-refractivity contribution in [1.82, 2.24) is 0 Å². The van der Waals surface area contributed by atoms with Crippen LogP contribution in [-0.2, 0) is 0 Å². The predicted octanol–water partition coefficient (Wildman–Crippen LogP) is 3.96. The molecule has 0 aliphatic heterocycles. The second-order valence-electron chi connectivity index (χ2n) is 8.24. The van der Waals surface area contributed by atoms with E-state index in [0.717, 1.165) is 10.5 Å². The molecular weight excluding hydrogens is 302 g/mol. The Balaban J connectivity index is 0. The lowest BCUT2D eigenvalue weighted by Gasteiger charge is -2.34. The molecular formula is C21H46ClN. The van der Waals surface area contributed by atoms with E-state index in [1.165, 1.54) is 96.3 Å². The standard InChI is InChI=1S/C21H46N.ClH/c1-6-8-10-12-13-14-16-18-20-21(22(3,4)5)19-17-15-11-9-7-2;/h21H,6-20H2,1-5H3;1H/q+1;/p-1. The minimum absolute atomic E-state index is 0. The van der Waals surface area contributed by atoms with E-state index in [-0.39, 0.29) is 12.4 Å². The highest BCUT2D eigenvalue weighted by Crippen LogP contribution is 2.20. The minimum Gasteiger partial charge on any atom is -1.00 e. The summed E-state index contributed by atoms with van der Waals surface area (Å²) in [5, 5.41) is 0. The number of hydrogen-bond donors (Lipinski definition) is 0. The molecule has 0 saturated heterocycles. The number of unbranched alkanes of at least 4 members (excludes halogenated alkanes) is 11. The molecule has 0 spiro atoms. The maximum absolute atomic E-state index is 2.39. The molecule has 0 heterocycles. The molecule has 23 heavy (non-hydrogen) atoms. The normalized spacial score (nSPS) is 12.9. The van der Waals surface area contributed by atoms with Crippen LogP contribution in [0.1, 0.15) is 110 Å². The first kappa shape index (κ1) is 25.5. The van der Waals surface area contributed by atoms with Crippen molar-refractivity contribution in [2.75, 3.05) is 21.1 Å². The maximum Gasteiger partial charge on any atom is 0.0884 e. The van der Waals surface area contributed by atoms with Crippen molar-refractivity contribution in [1.29, 1.82) is 0 Å². The molecule has 0 aliphatic carbocycles. The summed E-state index contributed by atoms with van der Waals surface area (Å²) in [4.78, 5) is 0. The average molecular weight is 348 g/mol. The van der Waals surface area contributed by atoms with Crippen molar-refractivity contribution in [3.8, 4) is 0 Å². The van der Waals surface area contributed by atoms with Crippen molar-refractivity contribution >= 4 is 0 Å². The van der Waals surface area contributed by atoms with E-state index >= 15 is 0 Å². The highest BCUT2D eigenvalue weighted by Gasteiger charge is 2.22. The molecule has 0 amide bonds. The molecule has 0 radical (unpaired) electrons. The summed E-state index contributed by atoms with van der Waals surface area (Å²) in [6.45, 7) is 4.60. The van der Waals surface area contributed by atoms with Crippen LogP contribution in [0.25, 0.3) is 0 Å². The zero-order valence-electron chi connectivity index (χ0n) is 17.0. The molecule has 0 N–H and O–H groups in total. The topological polar surface area (TPSA) is 0 Å². The van der Waals surface area contributed by atoms with Crippen LogP contribution in [0, 0.1) is 0 Å². The van der Waals surface area contributed by atoms with Crippen molar-refractivity contribution in [2.45, 2.75) is 116 Å². The van der Waals surface area contributed by atoms with Gasteiger partial charge in [0.15, 0.2) is 0 Å². The Morgan fingerprint density at radius 2 is 0.826 bits per heavy atom. The van der Waals surface area contributed by atoms with Crippen molar-refractivity contribution in [3.63, 3.8) is 0 Å². The molecule has 2 heteroatoms. The zero-order valence-corrected chi connectivity index (χ0v) is 17.8. The van der Waals surface area contributed by atoms with E-state index in [9.17, 15) is 0 Å². The molecule has 0 bridgehead atoms. The van der Waals surface area contributed by atoms with E-state index in [1.54, 1.807) is 0 Å². The Morgan fingerprint density at radius 3 is 1.13 bits per heavy atom. The Hall–Kier alpha value is 0.250. The van der Waals surface area contributed by atoms with Gasteiger partial charge in [-0.25, -0.2) is 0 Å². The van der Waals surface area contributed by atoms with Gasteiger partial charge in [0.1, 0.15) is 0 Å². The van der Waals surface area contributed by atoms with Crippen LogP contribution >= 0.6 is 0 Å². The molecule has 1 atom stereocenters. The van der Waals surface area contributed by atoms with Crippen LogP contribution in [0.4, 0.5) is 0 Å². The summed E-state index contributed by atoms with van der Waals surface area (Å²) in [5.41, 5.74) is 0. The van der Waals surface area contributed by atoms with Gasteiger partial charge in [-0.3, -0.25) is 0 Å². The first-order valence-corrected chi connectivity index (χ1v) is 10.3. The average Bonchev–Trinajstić information content (AvgIpc) is 2.46. The van der Waals surface area contributed by atoms with Crippen molar-refractivity contribution in [3.05, 3.63) is 0 Å². The van der Waals surface area contributed by atoms with Crippen LogP contribution in [-0.4, -0.2) is 31.7 Å². The van der Waals surface area contributed by atoms with Crippen LogP contribution in [0.5, 0.6) is 0 Å². The zero-order chi connectivity index (χ0) is 16.7. The fourth-order valence-corrected chi connectivity index (χ4v) is 3.42. The van der Waals surface area contributed by atoms with Gasteiger partial charge in [-0.05, 0) is 25.7 Å². The van der Waals surface area contributed by atoms with Gasteiger partial charge in [0, 0.05) is 0 Å². The van der Waals surface area contributed by atoms with Crippen LogP contribution in [0.15, 0.2) is 0 Å². The number of halogens is 1. The van der Waals surface area contributed by atoms with E-state index < -0.39 is 0 Å². The van der Waals surface area contributed by atoms with Gasteiger partial charge in [-0.15, -0.1) is 0 Å². The highest BCUT2D eigenvalue weighted by atomic mass is 35.5. The molecule has 1 nitrogen and oxygen atoms in total. The first-order valence-electron chi connectivity index (χ1n) is 10.3. The first-order chi connectivity index (χ1) is 10.5. The molecule has 0 aliphatic rings. The molecule has 0 fully saturated rings. The Labute approximate surface area is 154 Å². The van der Waals surface area contributed by atoms with Crippen LogP contribution in [0.2, 0.25) is 0 Å². The molecule has 0 aromatic carbocycles. The number of rotatable bonds is 16. The number of hydrogen-bond acceptors (Lipinski definition) is 0. The maximum atomic E-state index is 2.39. The largest absolute Gasteiger partial charge is 1.00 e. The van der Waals surface area contributed by atoms with Gasteiger partial charge in [0.25, 0.3) is 0 Å². The third kappa shape index (κ3) is 16.9. The monoisotopic (exact) mass is 347 g/mol. The number of quaternary nitrogens is 1. The molecule has 0 rings (SSSR count). The molecule has 0 saturated carbocycles. The summed E-state index contributed by atoms with van der Waals surface area (Å²) in [7, 11) is 7.17. The lowest BCUT2D eigenvalue weighted by molar-refractivity contribution is -0.896. The number of nitrogens with zero attached hydrogens (tertiary/aromatic N) is 1. The second-order valence-corrected chi connectivity index (χ2v) is 8.24. The summed E-state index contributed by atoms with van der Waals surface area (Å²) in [6, 6.07) is 0.877. The summed E-state index contributed by atoms with van der Waals surface area (Å²) >= 11 is 0. The quantitative estimate of drug-likeness (QED) is 0.293. The van der Waals surface area contributed by atoms with E-state index in [1.807, 2.05) is 0 Å². The highest BCUT2D eigenvalue weighted by molar-refractivity contribution is 4.60. The van der Waals surface area contributed by atoms with Gasteiger partial charge in [0.05, 0.1) is 27.2 Å². The SMILES string of the molecule is CCCCCCCCCCC(CCCCCCC)[N+](C)(C)C.[Cl-]. The fraction of sp³-hybridized carbons (Fsp3) is 1.00. The lowest BCUT2D eigenvalue weighted by Crippen LogP contribution is -3.00. The fourth-order valence-electron chi connectivity index (χ4n) is 3.42. The predicted molar refractivity (Wildman–Crippen MR) is 102 cm³/mol. The van der Waals surface area contributed by atoms with E-state index in [0.29, 0.717) is 0 Å². The summed E-state index contributed by atoms with van der Waals surface area (Å²) in [6.07, 6.45) is 21.5. The van der Waals surface area contributed by atoms with Crippen LogP contribution < -0.4 is 12.4 Å². The van der Waals surface area contributed by atoms with Crippen molar-refractivity contribution in [2.24, 2.45) is 0 Å². The van der Waals surface area contributed by atoms with Gasteiger partial charge >= 0.3 is 0 Å². The van der Waals surface area contributed by atoms with Gasteiger partial charge in [-0.2, -0.15) is 0 Å². The summed E-state index contributed by atoms with van der Waals surface area (Å²) < 4.78 is 1.16.